The fraction of sp³-hybridized carbons (Fsp3) is 0.100. The minimum atomic E-state index is -3.72. The molecule has 6 heteroatoms. The maximum absolute atomic E-state index is 13.4. The van der Waals surface area contributed by atoms with Crippen molar-refractivity contribution in [1.82, 2.24) is 0 Å². The highest BCUT2D eigenvalue weighted by Crippen LogP contribution is 2.48. The largest absolute Gasteiger partial charge is 0.541 e. The fourth-order valence-electron chi connectivity index (χ4n) is 2.22. The van der Waals surface area contributed by atoms with Crippen molar-refractivity contribution in [2.24, 2.45) is 0 Å². The van der Waals surface area contributed by atoms with E-state index in [0.29, 0.717) is 22.2 Å². The molecule has 0 aliphatic rings. The predicted molar refractivity (Wildman–Crippen MR) is 106 cm³/mol. The second-order valence-electron chi connectivity index (χ2n) is 5.92. The summed E-state index contributed by atoms with van der Waals surface area (Å²) >= 11 is 5.91. The van der Waals surface area contributed by atoms with Gasteiger partial charge in [0.1, 0.15) is 11.5 Å². The normalized spacial score (nSPS) is 11.0. The number of halogens is 1. The second-order valence-corrected chi connectivity index (χ2v) is 7.94. The van der Waals surface area contributed by atoms with Crippen LogP contribution in [0.4, 0.5) is 5.69 Å². The lowest BCUT2D eigenvalue weighted by atomic mass is 10.2. The van der Waals surface area contributed by atoms with E-state index >= 15 is 0 Å². The van der Waals surface area contributed by atoms with E-state index in [2.05, 4.69) is 5.09 Å². The van der Waals surface area contributed by atoms with Gasteiger partial charge in [0.05, 0.1) is 0 Å². The first-order valence-corrected chi connectivity index (χ1v) is 10.0. The number of benzene rings is 3. The summed E-state index contributed by atoms with van der Waals surface area (Å²) in [5.41, 5.74) is 2.74. The van der Waals surface area contributed by atoms with Crippen LogP contribution in [0, 0.1) is 13.8 Å². The van der Waals surface area contributed by atoms with Crippen LogP contribution in [0.3, 0.4) is 0 Å². The maximum Gasteiger partial charge on any atom is 0.541 e. The standard InChI is InChI=1S/C20H19ClNO3P/c1-15-3-11-19(12-4-15)24-26(23,22-18-9-7-17(21)8-10-18)25-20-13-5-16(2)6-14-20/h3-14H,1-2H3,(H,22,23). The summed E-state index contributed by atoms with van der Waals surface area (Å²) < 4.78 is 24.8. The summed E-state index contributed by atoms with van der Waals surface area (Å²) in [5, 5.41) is 3.45. The Balaban J connectivity index is 1.88. The highest BCUT2D eigenvalue weighted by Gasteiger charge is 2.29. The molecule has 0 aromatic heterocycles. The van der Waals surface area contributed by atoms with Crippen LogP contribution in [0.25, 0.3) is 0 Å². The molecule has 0 unspecified atom stereocenters. The molecule has 0 aliphatic carbocycles. The molecule has 0 aliphatic heterocycles. The van der Waals surface area contributed by atoms with Crippen molar-refractivity contribution in [2.75, 3.05) is 5.09 Å². The first-order valence-electron chi connectivity index (χ1n) is 8.08. The van der Waals surface area contributed by atoms with Gasteiger partial charge in [-0.1, -0.05) is 47.0 Å². The van der Waals surface area contributed by atoms with Crippen molar-refractivity contribution in [3.8, 4) is 11.5 Å². The Hall–Kier alpha value is -2.42. The molecule has 0 fully saturated rings. The summed E-state index contributed by atoms with van der Waals surface area (Å²) in [6, 6.07) is 21.4. The van der Waals surface area contributed by atoms with Gasteiger partial charge >= 0.3 is 7.75 Å². The zero-order valence-corrected chi connectivity index (χ0v) is 16.1. The molecule has 0 amide bonds. The third-order valence-corrected chi connectivity index (χ3v) is 5.29. The van der Waals surface area contributed by atoms with E-state index in [9.17, 15) is 4.57 Å². The zero-order valence-electron chi connectivity index (χ0n) is 14.5. The van der Waals surface area contributed by atoms with Gasteiger partial charge in [-0.05, 0) is 62.4 Å². The van der Waals surface area contributed by atoms with Gasteiger partial charge in [-0.25, -0.2) is 4.57 Å². The van der Waals surface area contributed by atoms with E-state index in [0.717, 1.165) is 11.1 Å². The molecule has 0 spiro atoms. The summed E-state index contributed by atoms with van der Waals surface area (Å²) in [4.78, 5) is 0. The van der Waals surface area contributed by atoms with Gasteiger partial charge in [-0.15, -0.1) is 0 Å². The lowest BCUT2D eigenvalue weighted by molar-refractivity contribution is 0.393. The Morgan fingerprint density at radius 3 is 1.58 bits per heavy atom. The average Bonchev–Trinajstić information content (AvgIpc) is 2.61. The third kappa shape index (κ3) is 5.04. The molecule has 0 saturated carbocycles. The summed E-state index contributed by atoms with van der Waals surface area (Å²) in [7, 11) is -3.72. The summed E-state index contributed by atoms with van der Waals surface area (Å²) in [5.74, 6) is 0.903. The van der Waals surface area contributed by atoms with Gasteiger partial charge in [0.15, 0.2) is 0 Å². The van der Waals surface area contributed by atoms with Crippen molar-refractivity contribution in [3.05, 3.63) is 88.9 Å². The SMILES string of the molecule is Cc1ccc(OP(=O)(Nc2ccc(Cl)cc2)Oc2ccc(C)cc2)cc1. The maximum atomic E-state index is 13.4. The minimum absolute atomic E-state index is 0.451. The van der Waals surface area contributed by atoms with Gasteiger partial charge in [-0.2, -0.15) is 0 Å². The molecule has 4 nitrogen and oxygen atoms in total. The summed E-state index contributed by atoms with van der Waals surface area (Å²) in [6.07, 6.45) is 0. The van der Waals surface area contributed by atoms with E-state index in [1.165, 1.54) is 0 Å². The van der Waals surface area contributed by atoms with Crippen molar-refractivity contribution >= 4 is 25.0 Å². The fourth-order valence-corrected chi connectivity index (χ4v) is 3.74. The van der Waals surface area contributed by atoms with Crippen LogP contribution in [0.2, 0.25) is 5.02 Å². The van der Waals surface area contributed by atoms with E-state index in [4.69, 9.17) is 20.6 Å². The molecule has 26 heavy (non-hydrogen) atoms. The monoisotopic (exact) mass is 387 g/mol. The molecular formula is C20H19ClNO3P. The van der Waals surface area contributed by atoms with Crippen LogP contribution >= 0.6 is 19.3 Å². The number of hydrogen-bond acceptors (Lipinski definition) is 3. The molecule has 3 rings (SSSR count). The lowest BCUT2D eigenvalue weighted by Crippen LogP contribution is -2.10. The van der Waals surface area contributed by atoms with Crippen molar-refractivity contribution < 1.29 is 13.6 Å². The molecule has 0 saturated heterocycles. The number of hydrogen-bond donors (Lipinski definition) is 1. The Morgan fingerprint density at radius 1 is 0.731 bits per heavy atom. The number of rotatable bonds is 6. The molecule has 0 radical (unpaired) electrons. The van der Waals surface area contributed by atoms with Crippen LogP contribution in [0.5, 0.6) is 11.5 Å². The van der Waals surface area contributed by atoms with Gasteiger partial charge in [0, 0.05) is 10.7 Å². The predicted octanol–water partition coefficient (Wildman–Crippen LogP) is 6.63. The van der Waals surface area contributed by atoms with E-state index < -0.39 is 7.75 Å². The van der Waals surface area contributed by atoms with E-state index in [1.807, 2.05) is 38.1 Å². The average molecular weight is 388 g/mol. The Labute approximate surface area is 158 Å². The molecular weight excluding hydrogens is 369 g/mol. The lowest BCUT2D eigenvalue weighted by Gasteiger charge is -2.21. The first-order chi connectivity index (χ1) is 12.4. The highest BCUT2D eigenvalue weighted by molar-refractivity contribution is 7.56. The van der Waals surface area contributed by atoms with Crippen LogP contribution in [-0.4, -0.2) is 0 Å². The second kappa shape index (κ2) is 7.86. The molecule has 1 N–H and O–H groups in total. The molecule has 0 atom stereocenters. The zero-order chi connectivity index (χ0) is 18.6. The minimum Gasteiger partial charge on any atom is -0.400 e. The molecule has 3 aromatic carbocycles. The quantitative estimate of drug-likeness (QED) is 0.482. The van der Waals surface area contributed by atoms with Crippen LogP contribution in [-0.2, 0) is 4.57 Å². The smallest absolute Gasteiger partial charge is 0.400 e. The van der Waals surface area contributed by atoms with Gasteiger partial charge in [-0.3, -0.25) is 5.09 Å². The first kappa shape index (κ1) is 18.4. The van der Waals surface area contributed by atoms with Crippen LogP contribution < -0.4 is 14.1 Å². The molecule has 0 bridgehead atoms. The van der Waals surface area contributed by atoms with Crippen molar-refractivity contribution in [2.45, 2.75) is 13.8 Å². The van der Waals surface area contributed by atoms with Gasteiger partial charge in [0.25, 0.3) is 0 Å². The van der Waals surface area contributed by atoms with E-state index in [-0.39, 0.29) is 0 Å². The van der Waals surface area contributed by atoms with Crippen molar-refractivity contribution in [3.63, 3.8) is 0 Å². The Morgan fingerprint density at radius 2 is 1.15 bits per heavy atom. The number of nitrogens with one attached hydrogen (secondary N) is 1. The Kier molecular flexibility index (Phi) is 5.55. The van der Waals surface area contributed by atoms with Crippen molar-refractivity contribution in [1.29, 1.82) is 0 Å². The topological polar surface area (TPSA) is 47.6 Å². The van der Waals surface area contributed by atoms with Crippen LogP contribution in [0.15, 0.2) is 72.8 Å². The Bertz CT molecular complexity index is 787. The number of aryl methyl sites for hydroxylation is 2. The summed E-state index contributed by atoms with van der Waals surface area (Å²) in [6.45, 7) is 3.94. The van der Waals surface area contributed by atoms with Gasteiger partial charge in [0.2, 0.25) is 0 Å². The third-order valence-electron chi connectivity index (χ3n) is 3.60. The molecule has 0 heterocycles. The van der Waals surface area contributed by atoms with E-state index in [1.54, 1.807) is 48.5 Å². The number of anilines is 1. The molecule has 3 aromatic rings. The molecule has 134 valence electrons. The highest BCUT2D eigenvalue weighted by atomic mass is 35.5. The van der Waals surface area contributed by atoms with Crippen LogP contribution in [0.1, 0.15) is 11.1 Å². The van der Waals surface area contributed by atoms with Gasteiger partial charge < -0.3 is 9.05 Å².